The molecular formula is C21H23N7O. The van der Waals surface area contributed by atoms with Gasteiger partial charge in [0.2, 0.25) is 0 Å². The van der Waals surface area contributed by atoms with Crippen molar-refractivity contribution in [1.82, 2.24) is 29.5 Å². The molecule has 1 fully saturated rings. The zero-order valence-electron chi connectivity index (χ0n) is 16.0. The van der Waals surface area contributed by atoms with Crippen LogP contribution < -0.4 is 5.32 Å². The molecule has 0 atom stereocenters. The number of aliphatic hydroxyl groups is 1. The minimum Gasteiger partial charge on any atom is -0.393 e. The molecular weight excluding hydrogens is 366 g/mol. The van der Waals surface area contributed by atoms with Crippen molar-refractivity contribution in [3.63, 3.8) is 0 Å². The fraction of sp³-hybridized carbons (Fsp3) is 0.333. The first-order valence-electron chi connectivity index (χ1n) is 9.97. The number of rotatable bonds is 5. The van der Waals surface area contributed by atoms with Gasteiger partial charge in [-0.15, -0.1) is 0 Å². The molecule has 0 amide bonds. The van der Waals surface area contributed by atoms with E-state index in [1.54, 1.807) is 12.5 Å². The standard InChI is InChI=1S/C21H23N7O/c29-16-8-6-15(7-9-16)23-20-18-21(25-17(24-18)12-28-11-10-22-13-28)27-19(26-20)14-4-2-1-3-5-14/h1-5,10-11,13,15-16,29H,6-9,12H2,(H2,23,24,25,26,27). The van der Waals surface area contributed by atoms with Crippen molar-refractivity contribution >= 4 is 17.0 Å². The highest BCUT2D eigenvalue weighted by atomic mass is 16.3. The number of hydrogen-bond acceptors (Lipinski definition) is 6. The number of H-pyrrole nitrogens is 1. The summed E-state index contributed by atoms with van der Waals surface area (Å²) in [5, 5.41) is 13.4. The van der Waals surface area contributed by atoms with Gasteiger partial charge in [-0.2, -0.15) is 0 Å². The van der Waals surface area contributed by atoms with Crippen molar-refractivity contribution in [2.45, 2.75) is 44.4 Å². The maximum atomic E-state index is 9.81. The van der Waals surface area contributed by atoms with Crippen LogP contribution >= 0.6 is 0 Å². The molecule has 3 heterocycles. The summed E-state index contributed by atoms with van der Waals surface area (Å²) in [5.74, 6) is 2.22. The van der Waals surface area contributed by atoms with E-state index in [0.717, 1.165) is 48.4 Å². The van der Waals surface area contributed by atoms with Gasteiger partial charge in [0.1, 0.15) is 11.3 Å². The van der Waals surface area contributed by atoms with Crippen LogP contribution in [0.25, 0.3) is 22.6 Å². The minimum atomic E-state index is -0.188. The molecule has 1 saturated carbocycles. The number of nitrogens with zero attached hydrogens (tertiary/aromatic N) is 5. The molecule has 148 valence electrons. The lowest BCUT2D eigenvalue weighted by atomic mass is 9.93. The number of fused-ring (bicyclic) bond motifs is 1. The molecule has 1 aliphatic rings. The van der Waals surface area contributed by atoms with Crippen LogP contribution in [0.1, 0.15) is 31.5 Å². The lowest BCUT2D eigenvalue weighted by Gasteiger charge is -2.26. The predicted molar refractivity (Wildman–Crippen MR) is 110 cm³/mol. The summed E-state index contributed by atoms with van der Waals surface area (Å²) >= 11 is 0. The Morgan fingerprint density at radius 3 is 2.66 bits per heavy atom. The minimum absolute atomic E-state index is 0.188. The van der Waals surface area contributed by atoms with E-state index in [4.69, 9.17) is 15.0 Å². The van der Waals surface area contributed by atoms with Gasteiger partial charge in [-0.25, -0.2) is 19.9 Å². The van der Waals surface area contributed by atoms with Crippen LogP contribution in [0.2, 0.25) is 0 Å². The molecule has 1 aliphatic carbocycles. The third kappa shape index (κ3) is 3.84. The number of aliphatic hydroxyl groups excluding tert-OH is 1. The average Bonchev–Trinajstić information content (AvgIpc) is 3.40. The zero-order valence-corrected chi connectivity index (χ0v) is 16.0. The second kappa shape index (κ2) is 7.63. The molecule has 0 unspecified atom stereocenters. The van der Waals surface area contributed by atoms with E-state index in [0.29, 0.717) is 18.0 Å². The Morgan fingerprint density at radius 1 is 1.07 bits per heavy atom. The number of anilines is 1. The van der Waals surface area contributed by atoms with Crippen molar-refractivity contribution in [1.29, 1.82) is 0 Å². The molecule has 5 rings (SSSR count). The topological polar surface area (TPSA) is 105 Å². The van der Waals surface area contributed by atoms with Crippen molar-refractivity contribution < 1.29 is 5.11 Å². The Hall–Kier alpha value is -3.26. The van der Waals surface area contributed by atoms with Crippen LogP contribution in [-0.2, 0) is 6.54 Å². The maximum Gasteiger partial charge on any atom is 0.183 e. The number of aromatic amines is 1. The summed E-state index contributed by atoms with van der Waals surface area (Å²) in [5.41, 5.74) is 2.41. The first-order chi connectivity index (χ1) is 14.2. The summed E-state index contributed by atoms with van der Waals surface area (Å²) in [6.07, 6.45) is 8.69. The Bertz CT molecular complexity index is 1080. The van der Waals surface area contributed by atoms with Crippen LogP contribution in [0.4, 0.5) is 5.82 Å². The molecule has 0 bridgehead atoms. The fourth-order valence-corrected chi connectivity index (χ4v) is 3.81. The molecule has 1 aromatic carbocycles. The second-order valence-electron chi connectivity index (χ2n) is 7.53. The van der Waals surface area contributed by atoms with Gasteiger partial charge in [0, 0.05) is 24.0 Å². The van der Waals surface area contributed by atoms with E-state index < -0.39 is 0 Å². The molecule has 3 aromatic heterocycles. The van der Waals surface area contributed by atoms with Gasteiger partial charge in [0.05, 0.1) is 19.0 Å². The van der Waals surface area contributed by atoms with Crippen molar-refractivity contribution in [2.24, 2.45) is 0 Å². The molecule has 29 heavy (non-hydrogen) atoms. The molecule has 3 N–H and O–H groups in total. The van der Waals surface area contributed by atoms with E-state index in [1.807, 2.05) is 41.1 Å². The quantitative estimate of drug-likeness (QED) is 0.485. The van der Waals surface area contributed by atoms with Crippen LogP contribution in [0.3, 0.4) is 0 Å². The molecule has 0 spiro atoms. The van der Waals surface area contributed by atoms with Crippen LogP contribution in [0.15, 0.2) is 49.1 Å². The van der Waals surface area contributed by atoms with E-state index in [2.05, 4.69) is 15.3 Å². The largest absolute Gasteiger partial charge is 0.393 e. The van der Waals surface area contributed by atoms with E-state index in [9.17, 15) is 5.11 Å². The van der Waals surface area contributed by atoms with E-state index >= 15 is 0 Å². The number of aromatic nitrogens is 6. The lowest BCUT2D eigenvalue weighted by molar-refractivity contribution is 0.126. The predicted octanol–water partition coefficient (Wildman–Crippen LogP) is 2.98. The number of imidazole rings is 2. The highest BCUT2D eigenvalue weighted by molar-refractivity contribution is 5.85. The Kier molecular flexibility index (Phi) is 4.69. The number of benzene rings is 1. The average molecular weight is 389 g/mol. The number of nitrogens with one attached hydrogen (secondary N) is 2. The Morgan fingerprint density at radius 2 is 1.90 bits per heavy atom. The van der Waals surface area contributed by atoms with Crippen molar-refractivity contribution in [3.8, 4) is 11.4 Å². The number of hydrogen-bond donors (Lipinski definition) is 3. The summed E-state index contributed by atoms with van der Waals surface area (Å²) in [4.78, 5) is 21.7. The lowest BCUT2D eigenvalue weighted by Crippen LogP contribution is -2.28. The maximum absolute atomic E-state index is 9.81. The SMILES string of the molecule is OC1CCC(Nc2nc(-c3ccccc3)nc3nc(Cn4ccnc4)[nH]c23)CC1. The Labute approximate surface area is 168 Å². The highest BCUT2D eigenvalue weighted by Gasteiger charge is 2.22. The summed E-state index contributed by atoms with van der Waals surface area (Å²) in [6, 6.07) is 10.2. The molecule has 8 nitrogen and oxygen atoms in total. The van der Waals surface area contributed by atoms with Gasteiger partial charge >= 0.3 is 0 Å². The van der Waals surface area contributed by atoms with Gasteiger partial charge in [0.15, 0.2) is 17.3 Å². The zero-order chi connectivity index (χ0) is 19.6. The first kappa shape index (κ1) is 17.8. The first-order valence-corrected chi connectivity index (χ1v) is 9.97. The highest BCUT2D eigenvalue weighted by Crippen LogP contribution is 2.27. The third-order valence-corrected chi connectivity index (χ3v) is 5.36. The van der Waals surface area contributed by atoms with Gasteiger partial charge in [-0.3, -0.25) is 0 Å². The molecule has 0 radical (unpaired) electrons. The van der Waals surface area contributed by atoms with Crippen LogP contribution in [0.5, 0.6) is 0 Å². The molecule has 0 aliphatic heterocycles. The normalized spacial score (nSPS) is 19.5. The van der Waals surface area contributed by atoms with Crippen LogP contribution in [-0.4, -0.2) is 46.7 Å². The van der Waals surface area contributed by atoms with Gasteiger partial charge in [-0.05, 0) is 25.7 Å². The monoisotopic (exact) mass is 389 g/mol. The molecule has 8 heteroatoms. The van der Waals surface area contributed by atoms with Gasteiger partial charge in [0.25, 0.3) is 0 Å². The summed E-state index contributed by atoms with van der Waals surface area (Å²) in [6.45, 7) is 0.589. The van der Waals surface area contributed by atoms with Crippen molar-refractivity contribution in [2.75, 3.05) is 5.32 Å². The van der Waals surface area contributed by atoms with Crippen molar-refractivity contribution in [3.05, 3.63) is 54.9 Å². The third-order valence-electron chi connectivity index (χ3n) is 5.36. The van der Waals surface area contributed by atoms with Gasteiger partial charge in [-0.1, -0.05) is 30.3 Å². The molecule has 0 saturated heterocycles. The smallest absolute Gasteiger partial charge is 0.183 e. The molecule has 4 aromatic rings. The summed E-state index contributed by atoms with van der Waals surface area (Å²) < 4.78 is 1.96. The summed E-state index contributed by atoms with van der Waals surface area (Å²) in [7, 11) is 0. The fourth-order valence-electron chi connectivity index (χ4n) is 3.81. The van der Waals surface area contributed by atoms with Crippen LogP contribution in [0, 0.1) is 0 Å². The second-order valence-corrected chi connectivity index (χ2v) is 7.53. The van der Waals surface area contributed by atoms with E-state index in [-0.39, 0.29) is 12.1 Å². The van der Waals surface area contributed by atoms with Gasteiger partial charge < -0.3 is 20.0 Å². The Balaban J connectivity index is 1.53. The van der Waals surface area contributed by atoms with E-state index in [1.165, 1.54) is 0 Å².